The lowest BCUT2D eigenvalue weighted by Crippen LogP contribution is -2.36. The van der Waals surface area contributed by atoms with Gasteiger partial charge in [-0.1, -0.05) is 30.3 Å². The minimum atomic E-state index is 0. The van der Waals surface area contributed by atoms with Crippen LogP contribution in [0.3, 0.4) is 0 Å². The van der Waals surface area contributed by atoms with E-state index in [1.807, 2.05) is 23.1 Å². The van der Waals surface area contributed by atoms with Gasteiger partial charge in [0.2, 0.25) is 5.91 Å². The maximum atomic E-state index is 12.1. The van der Waals surface area contributed by atoms with Crippen molar-refractivity contribution in [2.24, 2.45) is 5.92 Å². The zero-order chi connectivity index (χ0) is 13.8. The number of piperidine rings is 1. The molecular formula is C16H24ClN3O. The zero-order valence-electron chi connectivity index (χ0n) is 12.3. The summed E-state index contributed by atoms with van der Waals surface area (Å²) in [6.45, 7) is 5.44. The van der Waals surface area contributed by atoms with Crippen molar-refractivity contribution in [1.82, 2.24) is 15.1 Å². The molecule has 0 aromatic heterocycles. The lowest BCUT2D eigenvalue weighted by molar-refractivity contribution is -0.127. The van der Waals surface area contributed by atoms with Crippen molar-refractivity contribution in [2.75, 3.05) is 32.8 Å². The van der Waals surface area contributed by atoms with Gasteiger partial charge in [-0.25, -0.2) is 0 Å². The molecule has 2 aliphatic heterocycles. The fourth-order valence-corrected chi connectivity index (χ4v) is 3.16. The first-order valence-electron chi connectivity index (χ1n) is 7.56. The van der Waals surface area contributed by atoms with E-state index in [2.05, 4.69) is 22.3 Å². The normalized spacial score (nSPS) is 20.6. The first-order chi connectivity index (χ1) is 9.81. The molecule has 2 fully saturated rings. The second-order valence-electron chi connectivity index (χ2n) is 5.92. The molecule has 1 aromatic carbocycles. The third kappa shape index (κ3) is 4.43. The van der Waals surface area contributed by atoms with E-state index in [1.54, 1.807) is 0 Å². The van der Waals surface area contributed by atoms with Crippen LogP contribution in [0.2, 0.25) is 0 Å². The van der Waals surface area contributed by atoms with E-state index < -0.39 is 0 Å². The van der Waals surface area contributed by atoms with Crippen LogP contribution in [-0.4, -0.2) is 48.6 Å². The first kappa shape index (κ1) is 16.3. The number of nitrogens with zero attached hydrogens (tertiary/aromatic N) is 2. The molecule has 0 unspecified atom stereocenters. The maximum Gasteiger partial charge on any atom is 0.238 e. The van der Waals surface area contributed by atoms with Gasteiger partial charge >= 0.3 is 0 Å². The van der Waals surface area contributed by atoms with E-state index in [4.69, 9.17) is 0 Å². The van der Waals surface area contributed by atoms with E-state index in [9.17, 15) is 4.79 Å². The Hall–Kier alpha value is -1.10. The fraction of sp³-hybridized carbons (Fsp3) is 0.562. The predicted octanol–water partition coefficient (Wildman–Crippen LogP) is 1.71. The Labute approximate surface area is 132 Å². The molecule has 1 N–H and O–H groups in total. The summed E-state index contributed by atoms with van der Waals surface area (Å²) >= 11 is 0. The van der Waals surface area contributed by atoms with Crippen LogP contribution in [0.1, 0.15) is 18.4 Å². The van der Waals surface area contributed by atoms with Gasteiger partial charge in [0.15, 0.2) is 0 Å². The molecule has 0 aliphatic carbocycles. The summed E-state index contributed by atoms with van der Waals surface area (Å²) in [4.78, 5) is 16.4. The third-order valence-corrected chi connectivity index (χ3v) is 4.27. The molecule has 1 amide bonds. The van der Waals surface area contributed by atoms with Crippen molar-refractivity contribution in [3.8, 4) is 0 Å². The Morgan fingerprint density at radius 2 is 1.86 bits per heavy atom. The summed E-state index contributed by atoms with van der Waals surface area (Å²) in [5.41, 5.74) is 1.21. The van der Waals surface area contributed by atoms with Gasteiger partial charge in [0, 0.05) is 13.1 Å². The Balaban J connectivity index is 0.00000161. The monoisotopic (exact) mass is 309 g/mol. The Kier molecular flexibility index (Phi) is 6.03. The van der Waals surface area contributed by atoms with Crippen LogP contribution in [-0.2, 0) is 11.3 Å². The summed E-state index contributed by atoms with van der Waals surface area (Å²) in [7, 11) is 0. The summed E-state index contributed by atoms with van der Waals surface area (Å²) in [5.74, 6) is 1.02. The number of rotatable bonds is 4. The quantitative estimate of drug-likeness (QED) is 0.920. The standard InChI is InChI=1S/C16H23N3O.ClH/c20-16-12-18(10-15-6-8-17-9-7-15)13-19(16)11-14-4-2-1-3-5-14;/h1-5,15,17H,6-13H2;1H. The molecule has 4 nitrogen and oxygen atoms in total. The average Bonchev–Trinajstić information content (AvgIpc) is 2.81. The van der Waals surface area contributed by atoms with Crippen LogP contribution >= 0.6 is 12.4 Å². The number of hydrogen-bond acceptors (Lipinski definition) is 3. The Bertz CT molecular complexity index is 448. The van der Waals surface area contributed by atoms with Gasteiger partial charge in [0.05, 0.1) is 13.2 Å². The van der Waals surface area contributed by atoms with Crippen molar-refractivity contribution in [3.63, 3.8) is 0 Å². The van der Waals surface area contributed by atoms with Crippen LogP contribution in [0.25, 0.3) is 0 Å². The zero-order valence-corrected chi connectivity index (χ0v) is 13.1. The summed E-state index contributed by atoms with van der Waals surface area (Å²) in [6.07, 6.45) is 2.48. The van der Waals surface area contributed by atoms with E-state index >= 15 is 0 Å². The Morgan fingerprint density at radius 3 is 2.57 bits per heavy atom. The van der Waals surface area contributed by atoms with Crippen molar-refractivity contribution < 1.29 is 4.79 Å². The molecule has 0 radical (unpaired) electrons. The molecule has 0 saturated carbocycles. The van der Waals surface area contributed by atoms with E-state index in [0.717, 1.165) is 38.8 Å². The first-order valence-corrected chi connectivity index (χ1v) is 7.56. The van der Waals surface area contributed by atoms with Crippen LogP contribution < -0.4 is 5.32 Å². The highest BCUT2D eigenvalue weighted by Crippen LogP contribution is 2.17. The molecule has 3 rings (SSSR count). The second kappa shape index (κ2) is 7.78. The topological polar surface area (TPSA) is 35.6 Å². The highest BCUT2D eigenvalue weighted by atomic mass is 35.5. The molecule has 1 aromatic rings. The number of benzene rings is 1. The molecule has 0 bridgehead atoms. The molecular weight excluding hydrogens is 286 g/mol. The summed E-state index contributed by atoms with van der Waals surface area (Å²) in [6, 6.07) is 10.2. The van der Waals surface area contributed by atoms with E-state index in [1.165, 1.54) is 18.4 Å². The van der Waals surface area contributed by atoms with Crippen LogP contribution in [0.15, 0.2) is 30.3 Å². The summed E-state index contributed by atoms with van der Waals surface area (Å²) in [5, 5.41) is 3.39. The molecule has 5 heteroatoms. The van der Waals surface area contributed by atoms with Crippen molar-refractivity contribution in [1.29, 1.82) is 0 Å². The lowest BCUT2D eigenvalue weighted by Gasteiger charge is -2.27. The Morgan fingerprint density at radius 1 is 1.14 bits per heavy atom. The highest BCUT2D eigenvalue weighted by Gasteiger charge is 2.29. The minimum absolute atomic E-state index is 0. The van der Waals surface area contributed by atoms with Gasteiger partial charge in [0.25, 0.3) is 0 Å². The molecule has 2 aliphatic rings. The van der Waals surface area contributed by atoms with Gasteiger partial charge in [-0.2, -0.15) is 0 Å². The molecule has 0 atom stereocenters. The van der Waals surface area contributed by atoms with Crippen LogP contribution in [0.4, 0.5) is 0 Å². The molecule has 116 valence electrons. The molecule has 2 heterocycles. The fourth-order valence-electron chi connectivity index (χ4n) is 3.16. The lowest BCUT2D eigenvalue weighted by atomic mass is 9.98. The maximum absolute atomic E-state index is 12.1. The third-order valence-electron chi connectivity index (χ3n) is 4.27. The van der Waals surface area contributed by atoms with Crippen LogP contribution in [0.5, 0.6) is 0 Å². The number of amides is 1. The number of carbonyl (C=O) groups is 1. The van der Waals surface area contributed by atoms with Crippen LogP contribution in [0, 0.1) is 5.92 Å². The molecule has 21 heavy (non-hydrogen) atoms. The van der Waals surface area contributed by atoms with Gasteiger partial charge in [0.1, 0.15) is 0 Å². The van der Waals surface area contributed by atoms with Crippen molar-refractivity contribution in [2.45, 2.75) is 19.4 Å². The number of carbonyl (C=O) groups excluding carboxylic acids is 1. The average molecular weight is 310 g/mol. The predicted molar refractivity (Wildman–Crippen MR) is 86.3 cm³/mol. The van der Waals surface area contributed by atoms with Gasteiger partial charge in [-0.15, -0.1) is 12.4 Å². The smallest absolute Gasteiger partial charge is 0.238 e. The van der Waals surface area contributed by atoms with Gasteiger partial charge in [-0.3, -0.25) is 9.69 Å². The van der Waals surface area contributed by atoms with E-state index in [-0.39, 0.29) is 18.3 Å². The second-order valence-corrected chi connectivity index (χ2v) is 5.92. The highest BCUT2D eigenvalue weighted by molar-refractivity contribution is 5.85. The van der Waals surface area contributed by atoms with Crippen molar-refractivity contribution in [3.05, 3.63) is 35.9 Å². The van der Waals surface area contributed by atoms with Gasteiger partial charge in [-0.05, 0) is 37.4 Å². The number of halogens is 1. The molecule has 2 saturated heterocycles. The van der Waals surface area contributed by atoms with Gasteiger partial charge < -0.3 is 10.2 Å². The number of nitrogens with one attached hydrogen (secondary N) is 1. The van der Waals surface area contributed by atoms with E-state index in [0.29, 0.717) is 6.54 Å². The summed E-state index contributed by atoms with van der Waals surface area (Å²) < 4.78 is 0. The SMILES string of the molecule is Cl.O=C1CN(CC2CCNCC2)CN1Cc1ccccc1. The largest absolute Gasteiger partial charge is 0.324 e. The van der Waals surface area contributed by atoms with Crippen molar-refractivity contribution >= 4 is 18.3 Å². The molecule has 0 spiro atoms. The number of hydrogen-bond donors (Lipinski definition) is 1. The minimum Gasteiger partial charge on any atom is -0.324 e.